The Labute approximate surface area is 267 Å². The van der Waals surface area contributed by atoms with E-state index in [0.29, 0.717) is 28.2 Å². The number of H-pyrrole nitrogens is 1. The molecule has 0 saturated carbocycles. The number of hydrogen-bond donors (Lipinski definition) is 3. The highest BCUT2D eigenvalue weighted by molar-refractivity contribution is 7.90. The van der Waals surface area contributed by atoms with Crippen molar-refractivity contribution in [2.24, 2.45) is 0 Å². The van der Waals surface area contributed by atoms with E-state index in [1.54, 1.807) is 36.4 Å². The van der Waals surface area contributed by atoms with Gasteiger partial charge in [0.25, 0.3) is 0 Å². The Morgan fingerprint density at radius 1 is 1.00 bits per heavy atom. The summed E-state index contributed by atoms with van der Waals surface area (Å²) >= 11 is 0. The fourth-order valence-corrected chi connectivity index (χ4v) is 8.09. The third-order valence-electron chi connectivity index (χ3n) is 7.76. The average Bonchev–Trinajstić information content (AvgIpc) is 3.59. The summed E-state index contributed by atoms with van der Waals surface area (Å²) in [6.45, 7) is 0. The first-order valence-corrected chi connectivity index (χ1v) is 17.1. The molecule has 10 nitrogen and oxygen atoms in total. The van der Waals surface area contributed by atoms with Crippen LogP contribution in [0.25, 0.3) is 22.2 Å². The number of aromatic amines is 1. The molecule has 1 aliphatic heterocycles. The van der Waals surface area contributed by atoms with Crippen molar-refractivity contribution in [3.05, 3.63) is 119 Å². The van der Waals surface area contributed by atoms with Gasteiger partial charge in [0.15, 0.2) is 0 Å². The van der Waals surface area contributed by atoms with E-state index in [1.165, 1.54) is 36.4 Å². The van der Waals surface area contributed by atoms with Gasteiger partial charge in [0, 0.05) is 0 Å². The van der Waals surface area contributed by atoms with Crippen LogP contribution in [0.4, 0.5) is 13.2 Å². The lowest BCUT2D eigenvalue weighted by Gasteiger charge is -2.19. The van der Waals surface area contributed by atoms with Gasteiger partial charge in [-0.3, -0.25) is 9.52 Å². The lowest BCUT2D eigenvalue weighted by atomic mass is 9.98. The minimum Gasteiger partial charge on any atom is -0.341 e. The number of amides is 1. The third kappa shape index (κ3) is 6.61. The largest absolute Gasteiger partial charge is 0.417 e. The van der Waals surface area contributed by atoms with E-state index in [-0.39, 0.29) is 35.4 Å². The van der Waals surface area contributed by atoms with Crippen LogP contribution in [-0.2, 0) is 37.4 Å². The molecule has 0 aliphatic carbocycles. The van der Waals surface area contributed by atoms with Gasteiger partial charge in [-0.2, -0.15) is 18.4 Å². The predicted molar refractivity (Wildman–Crippen MR) is 165 cm³/mol. The number of rotatable bonds is 8. The van der Waals surface area contributed by atoms with E-state index >= 15 is 0 Å². The summed E-state index contributed by atoms with van der Waals surface area (Å²) in [6.07, 6.45) is -5.14. The van der Waals surface area contributed by atoms with Crippen molar-refractivity contribution >= 4 is 37.0 Å². The number of para-hydroxylation sites is 2. The molecule has 15 heteroatoms. The van der Waals surface area contributed by atoms with Crippen LogP contribution in [0.15, 0.2) is 95.9 Å². The molecule has 1 saturated heterocycles. The fraction of sp³-hybridized carbons (Fsp3) is 0.156. The Morgan fingerprint density at radius 2 is 1.70 bits per heavy atom. The zero-order valence-corrected chi connectivity index (χ0v) is 25.7. The Morgan fingerprint density at radius 3 is 2.32 bits per heavy atom. The monoisotopic (exact) mass is 679 g/mol. The molecule has 1 aromatic heterocycles. The quantitative estimate of drug-likeness (QED) is 0.201. The van der Waals surface area contributed by atoms with Crippen LogP contribution in [0.5, 0.6) is 0 Å². The molecule has 3 N–H and O–H groups in total. The average molecular weight is 680 g/mol. The van der Waals surface area contributed by atoms with E-state index in [0.717, 1.165) is 12.1 Å². The Hall–Kier alpha value is -5.04. The first-order valence-electron chi connectivity index (χ1n) is 14.1. The zero-order valence-electron chi connectivity index (χ0n) is 24.1. The smallest absolute Gasteiger partial charge is 0.341 e. The van der Waals surface area contributed by atoms with Crippen LogP contribution in [0.3, 0.4) is 0 Å². The summed E-state index contributed by atoms with van der Waals surface area (Å²) in [6, 6.07) is 22.2. The zero-order chi connectivity index (χ0) is 33.6. The number of carbonyl (C=O) groups excluding carboxylic acids is 1. The van der Waals surface area contributed by atoms with Crippen molar-refractivity contribution in [1.82, 2.24) is 19.4 Å². The number of nitriles is 1. The first-order chi connectivity index (χ1) is 22.2. The van der Waals surface area contributed by atoms with Gasteiger partial charge in [0.1, 0.15) is 11.1 Å². The van der Waals surface area contributed by atoms with Gasteiger partial charge in [-0.15, -0.1) is 0 Å². The van der Waals surface area contributed by atoms with Gasteiger partial charge in [0.05, 0.1) is 45.6 Å². The van der Waals surface area contributed by atoms with Crippen LogP contribution in [0, 0.1) is 11.3 Å². The van der Waals surface area contributed by atoms with Gasteiger partial charge in [0.2, 0.25) is 26.0 Å². The highest BCUT2D eigenvalue weighted by Crippen LogP contribution is 2.39. The molecule has 47 heavy (non-hydrogen) atoms. The number of nitrogens with zero attached hydrogens (tertiary/aromatic N) is 2. The minimum atomic E-state index is -4.90. The van der Waals surface area contributed by atoms with Crippen LogP contribution >= 0.6 is 0 Å². The van der Waals surface area contributed by atoms with Crippen molar-refractivity contribution in [3.63, 3.8) is 0 Å². The molecule has 240 valence electrons. The molecule has 2 heterocycles. The van der Waals surface area contributed by atoms with Gasteiger partial charge in [-0.1, -0.05) is 54.6 Å². The number of nitrogens with one attached hydrogen (secondary N) is 3. The van der Waals surface area contributed by atoms with Crippen LogP contribution < -0.4 is 9.44 Å². The molecule has 6 rings (SSSR count). The minimum absolute atomic E-state index is 0.0105. The number of carbonyl (C=O) groups is 1. The van der Waals surface area contributed by atoms with Gasteiger partial charge < -0.3 is 4.98 Å². The molecule has 2 atom stereocenters. The van der Waals surface area contributed by atoms with E-state index < -0.39 is 53.9 Å². The fourth-order valence-electron chi connectivity index (χ4n) is 5.44. The van der Waals surface area contributed by atoms with E-state index in [2.05, 4.69) is 14.7 Å². The summed E-state index contributed by atoms with van der Waals surface area (Å²) in [4.78, 5) is 18.6. The SMILES string of the molecule is N#Cc1ccc(-c2ccc(S(=O)(=O)N[C@@H](Cc3ccc(C4CC(=O)NS4(=O)=O)cc3)c3nc4ccccc4[nH]3)cc2C(F)(F)F)cc1. The van der Waals surface area contributed by atoms with E-state index in [1.807, 2.05) is 10.8 Å². The van der Waals surface area contributed by atoms with E-state index in [9.17, 15) is 34.8 Å². The summed E-state index contributed by atoms with van der Waals surface area (Å²) in [5, 5.41) is 7.97. The number of alkyl halides is 3. The third-order valence-corrected chi connectivity index (χ3v) is 10.9. The second-order valence-corrected chi connectivity index (χ2v) is 14.5. The molecule has 0 spiro atoms. The lowest BCUT2D eigenvalue weighted by molar-refractivity contribution is -0.137. The second-order valence-electron chi connectivity index (χ2n) is 10.9. The van der Waals surface area contributed by atoms with Crippen molar-refractivity contribution < 1.29 is 34.8 Å². The number of benzene rings is 4. The number of hydrogen-bond acceptors (Lipinski definition) is 7. The summed E-state index contributed by atoms with van der Waals surface area (Å²) in [7, 11) is -8.45. The normalized spacial score (nSPS) is 16.9. The first kappa shape index (κ1) is 31.9. The van der Waals surface area contributed by atoms with Gasteiger partial charge in [-0.25, -0.2) is 26.5 Å². The Kier molecular flexibility index (Phi) is 8.12. The van der Waals surface area contributed by atoms with Gasteiger partial charge >= 0.3 is 6.18 Å². The van der Waals surface area contributed by atoms with Crippen LogP contribution in [-0.4, -0.2) is 32.7 Å². The van der Waals surface area contributed by atoms with Crippen molar-refractivity contribution in [2.75, 3.05) is 0 Å². The van der Waals surface area contributed by atoms with E-state index in [4.69, 9.17) is 5.26 Å². The summed E-state index contributed by atoms with van der Waals surface area (Å²) in [5.74, 6) is -0.408. The van der Waals surface area contributed by atoms with Crippen molar-refractivity contribution in [1.29, 1.82) is 5.26 Å². The van der Waals surface area contributed by atoms with Gasteiger partial charge in [-0.05, 0) is 65.1 Å². The maximum atomic E-state index is 14.3. The lowest BCUT2D eigenvalue weighted by Crippen LogP contribution is -2.31. The maximum absolute atomic E-state index is 14.3. The highest BCUT2D eigenvalue weighted by Gasteiger charge is 2.38. The number of fused-ring (bicyclic) bond motifs is 1. The number of imidazole rings is 1. The Balaban J connectivity index is 1.35. The molecule has 5 aromatic rings. The van der Waals surface area contributed by atoms with Crippen molar-refractivity contribution in [2.45, 2.75) is 35.2 Å². The molecule has 1 amide bonds. The Bertz CT molecular complexity index is 2230. The molecular formula is C32H24F3N5O5S2. The number of halogens is 3. The molecule has 1 aliphatic rings. The highest BCUT2D eigenvalue weighted by atomic mass is 32.2. The standard InChI is InChI=1S/C32H24F3N5O5S2/c33-32(34,35)25-16-23(13-14-24(25)21-9-7-20(18-36)8-10-21)46(42,43)39-28(31-37-26-3-1-2-4-27(26)38-31)15-19-5-11-22(12-6-19)29-17-30(41)40-47(29,44)45/h1-14,16,28-29,39H,15,17H2,(H,37,38)(H,40,41)/t28-,29?/m0/s1. The second kappa shape index (κ2) is 12.0. The maximum Gasteiger partial charge on any atom is 0.417 e. The molecule has 4 aromatic carbocycles. The molecule has 1 fully saturated rings. The predicted octanol–water partition coefficient (Wildman–Crippen LogP) is 5.27. The molecule has 0 radical (unpaired) electrons. The van der Waals surface area contributed by atoms with Crippen LogP contribution in [0.1, 0.15) is 45.8 Å². The number of aromatic nitrogens is 2. The van der Waals surface area contributed by atoms with Crippen molar-refractivity contribution in [3.8, 4) is 17.2 Å². The van der Waals surface area contributed by atoms with Crippen LogP contribution in [0.2, 0.25) is 0 Å². The molecular weight excluding hydrogens is 656 g/mol. The molecule has 1 unspecified atom stereocenters. The number of sulfonamides is 2. The summed E-state index contributed by atoms with van der Waals surface area (Å²) in [5.41, 5.74) is 1.06. The summed E-state index contributed by atoms with van der Waals surface area (Å²) < 4.78 is 99.2. The topological polar surface area (TPSA) is 162 Å². The molecule has 0 bridgehead atoms.